The fourth-order valence-electron chi connectivity index (χ4n) is 1.79. The Morgan fingerprint density at radius 2 is 2.31 bits per heavy atom. The minimum absolute atomic E-state index is 0.173. The van der Waals surface area contributed by atoms with E-state index in [-0.39, 0.29) is 12.4 Å². The molecule has 2 atom stereocenters. The van der Waals surface area contributed by atoms with Crippen LogP contribution in [0.15, 0.2) is 18.2 Å². The van der Waals surface area contributed by atoms with E-state index in [1.54, 1.807) is 0 Å². The van der Waals surface area contributed by atoms with Crippen molar-refractivity contribution in [3.8, 4) is 0 Å². The van der Waals surface area contributed by atoms with Crippen molar-refractivity contribution in [3.63, 3.8) is 0 Å². The Hall–Kier alpha value is 0.160. The van der Waals surface area contributed by atoms with Crippen molar-refractivity contribution < 1.29 is 9.47 Å². The van der Waals surface area contributed by atoms with Crippen molar-refractivity contribution in [2.75, 3.05) is 12.5 Å². The Morgan fingerprint density at radius 1 is 1.50 bits per heavy atom. The van der Waals surface area contributed by atoms with Gasteiger partial charge in [-0.15, -0.1) is 11.6 Å². The summed E-state index contributed by atoms with van der Waals surface area (Å²) in [5.74, 6) is 0.621. The van der Waals surface area contributed by atoms with Gasteiger partial charge in [0.2, 0.25) is 0 Å². The first-order chi connectivity index (χ1) is 7.70. The molecule has 1 aromatic rings. The molecule has 1 aliphatic heterocycles. The van der Waals surface area contributed by atoms with Gasteiger partial charge in [-0.25, -0.2) is 0 Å². The van der Waals surface area contributed by atoms with Crippen molar-refractivity contribution in [1.82, 2.24) is 0 Å². The fourth-order valence-corrected chi connectivity index (χ4v) is 2.51. The zero-order valence-corrected chi connectivity index (χ0v) is 12.0. The van der Waals surface area contributed by atoms with E-state index in [1.807, 2.05) is 6.92 Å². The van der Waals surface area contributed by atoms with Crippen LogP contribution in [0.3, 0.4) is 0 Å². The van der Waals surface area contributed by atoms with Crippen LogP contribution in [0.2, 0.25) is 0 Å². The van der Waals surface area contributed by atoms with Gasteiger partial charge in [-0.1, -0.05) is 6.07 Å². The highest BCUT2D eigenvalue weighted by molar-refractivity contribution is 14.1. The molecule has 2 rings (SSSR count). The first-order valence-corrected chi connectivity index (χ1v) is 6.93. The molecule has 1 heterocycles. The van der Waals surface area contributed by atoms with Crippen LogP contribution in [0, 0.1) is 3.57 Å². The Balaban J connectivity index is 2.26. The van der Waals surface area contributed by atoms with Crippen molar-refractivity contribution >= 4 is 34.2 Å². The van der Waals surface area contributed by atoms with Crippen LogP contribution < -0.4 is 0 Å². The lowest BCUT2D eigenvalue weighted by molar-refractivity contribution is -0.0577. The normalized spacial score (nSPS) is 24.9. The van der Waals surface area contributed by atoms with Gasteiger partial charge in [0.25, 0.3) is 0 Å². The third-order valence-corrected chi connectivity index (χ3v) is 3.42. The number of halogens is 2. The highest BCUT2D eigenvalue weighted by Gasteiger charge is 2.26. The monoisotopic (exact) mass is 352 g/mol. The molecule has 0 bridgehead atoms. The zero-order valence-electron chi connectivity index (χ0n) is 9.08. The Morgan fingerprint density at radius 3 is 2.94 bits per heavy atom. The lowest BCUT2D eigenvalue weighted by Gasteiger charge is -2.15. The van der Waals surface area contributed by atoms with E-state index in [0.717, 1.165) is 12.0 Å². The van der Waals surface area contributed by atoms with E-state index in [1.165, 1.54) is 9.13 Å². The average Bonchev–Trinajstić information content (AvgIpc) is 2.68. The van der Waals surface area contributed by atoms with Gasteiger partial charge in [-0.05, 0) is 53.6 Å². The number of hydrogen-bond donors (Lipinski definition) is 0. The van der Waals surface area contributed by atoms with E-state index in [2.05, 4.69) is 40.8 Å². The third-order valence-electron chi connectivity index (χ3n) is 2.56. The Kier molecular flexibility index (Phi) is 4.47. The minimum atomic E-state index is -0.220. The van der Waals surface area contributed by atoms with Gasteiger partial charge >= 0.3 is 0 Å². The van der Waals surface area contributed by atoms with Crippen LogP contribution >= 0.6 is 34.2 Å². The highest BCUT2D eigenvalue weighted by Crippen LogP contribution is 2.30. The average molecular weight is 353 g/mol. The molecular weight excluding hydrogens is 338 g/mol. The van der Waals surface area contributed by atoms with Crippen LogP contribution in [-0.2, 0) is 15.9 Å². The van der Waals surface area contributed by atoms with E-state index < -0.39 is 0 Å². The lowest BCUT2D eigenvalue weighted by Crippen LogP contribution is -2.06. The minimum Gasteiger partial charge on any atom is -0.346 e. The second kappa shape index (κ2) is 5.67. The van der Waals surface area contributed by atoms with Crippen LogP contribution in [-0.4, -0.2) is 18.6 Å². The van der Waals surface area contributed by atoms with Crippen molar-refractivity contribution in [1.29, 1.82) is 0 Å². The van der Waals surface area contributed by atoms with Gasteiger partial charge in [0.05, 0.1) is 12.7 Å². The highest BCUT2D eigenvalue weighted by atomic mass is 127. The maximum absolute atomic E-state index is 5.80. The largest absolute Gasteiger partial charge is 0.346 e. The van der Waals surface area contributed by atoms with Crippen molar-refractivity contribution in [3.05, 3.63) is 32.9 Å². The number of benzene rings is 1. The predicted octanol–water partition coefficient (Wildman–Crippen LogP) is 3.51. The summed E-state index contributed by atoms with van der Waals surface area (Å²) in [5.41, 5.74) is 2.34. The standard InChI is InChI=1S/C12H14ClIO2/c1-8-7-15-12(16-8)11-6-10(14)3-2-9(11)4-5-13/h2-3,6,8,12H,4-5,7H2,1H3. The van der Waals surface area contributed by atoms with Gasteiger partial charge in [0, 0.05) is 15.0 Å². The number of rotatable bonds is 3. The molecule has 88 valence electrons. The Bertz CT molecular complexity index is 370. The van der Waals surface area contributed by atoms with E-state index >= 15 is 0 Å². The molecule has 4 heteroatoms. The van der Waals surface area contributed by atoms with Gasteiger partial charge in [0.15, 0.2) is 6.29 Å². The maximum Gasteiger partial charge on any atom is 0.184 e. The molecule has 0 aliphatic carbocycles. The van der Waals surface area contributed by atoms with E-state index in [4.69, 9.17) is 21.1 Å². The molecule has 0 saturated carbocycles. The van der Waals surface area contributed by atoms with Crippen molar-refractivity contribution in [2.24, 2.45) is 0 Å². The first kappa shape index (κ1) is 12.6. The predicted molar refractivity (Wildman–Crippen MR) is 72.8 cm³/mol. The summed E-state index contributed by atoms with van der Waals surface area (Å²) >= 11 is 8.10. The molecule has 1 fully saturated rings. The molecule has 1 saturated heterocycles. The number of aryl methyl sites for hydroxylation is 1. The first-order valence-electron chi connectivity index (χ1n) is 5.32. The summed E-state index contributed by atoms with van der Waals surface area (Å²) in [6, 6.07) is 6.31. The lowest BCUT2D eigenvalue weighted by atomic mass is 10.1. The topological polar surface area (TPSA) is 18.5 Å². The smallest absolute Gasteiger partial charge is 0.184 e. The molecule has 0 spiro atoms. The zero-order chi connectivity index (χ0) is 11.5. The maximum atomic E-state index is 5.80. The molecule has 2 nitrogen and oxygen atoms in total. The summed E-state index contributed by atoms with van der Waals surface area (Å²) in [5, 5.41) is 0. The number of alkyl halides is 1. The molecule has 1 aliphatic rings. The van der Waals surface area contributed by atoms with E-state index in [9.17, 15) is 0 Å². The Labute approximate surface area is 114 Å². The van der Waals surface area contributed by atoms with Crippen LogP contribution in [0.4, 0.5) is 0 Å². The van der Waals surface area contributed by atoms with Crippen molar-refractivity contribution in [2.45, 2.75) is 25.7 Å². The number of hydrogen-bond acceptors (Lipinski definition) is 2. The second-order valence-corrected chi connectivity index (χ2v) is 5.52. The SMILES string of the molecule is CC1COC(c2cc(I)ccc2CCCl)O1. The van der Waals surface area contributed by atoms with Gasteiger partial charge in [0.1, 0.15) is 0 Å². The van der Waals surface area contributed by atoms with Crippen LogP contribution in [0.25, 0.3) is 0 Å². The molecule has 0 N–H and O–H groups in total. The molecule has 2 unspecified atom stereocenters. The number of ether oxygens (including phenoxy) is 2. The summed E-state index contributed by atoms with van der Waals surface area (Å²) in [6.07, 6.45) is 0.806. The quantitative estimate of drug-likeness (QED) is 0.612. The summed E-state index contributed by atoms with van der Waals surface area (Å²) in [7, 11) is 0. The summed E-state index contributed by atoms with van der Waals surface area (Å²) in [4.78, 5) is 0. The summed E-state index contributed by atoms with van der Waals surface area (Å²) < 4.78 is 12.5. The van der Waals surface area contributed by atoms with Gasteiger partial charge < -0.3 is 9.47 Å². The van der Waals surface area contributed by atoms with Crippen LogP contribution in [0.5, 0.6) is 0 Å². The molecule has 0 radical (unpaired) electrons. The second-order valence-electron chi connectivity index (χ2n) is 3.89. The summed E-state index contributed by atoms with van der Waals surface area (Å²) in [6.45, 7) is 2.69. The van der Waals surface area contributed by atoms with Gasteiger partial charge in [-0.3, -0.25) is 0 Å². The molecule has 1 aromatic carbocycles. The third kappa shape index (κ3) is 2.88. The molecule has 0 amide bonds. The molecule has 0 aromatic heterocycles. The van der Waals surface area contributed by atoms with E-state index in [0.29, 0.717) is 12.5 Å². The van der Waals surface area contributed by atoms with Crippen LogP contribution in [0.1, 0.15) is 24.3 Å². The molecule has 16 heavy (non-hydrogen) atoms. The van der Waals surface area contributed by atoms with Gasteiger partial charge in [-0.2, -0.15) is 0 Å². The molecular formula is C12H14ClIO2. The fraction of sp³-hybridized carbons (Fsp3) is 0.500.